The predicted molar refractivity (Wildman–Crippen MR) is 49.3 cm³/mol. The first-order valence-corrected chi connectivity index (χ1v) is 5.51. The van der Waals surface area contributed by atoms with Crippen LogP contribution in [-0.4, -0.2) is 18.0 Å². The van der Waals surface area contributed by atoms with Gasteiger partial charge in [-0.05, 0) is 51.4 Å². The van der Waals surface area contributed by atoms with Crippen molar-refractivity contribution >= 4 is 0 Å². The van der Waals surface area contributed by atoms with Crippen molar-refractivity contribution in [3.63, 3.8) is 0 Å². The number of fused-ring (bicyclic) bond motifs is 2. The van der Waals surface area contributed by atoms with Gasteiger partial charge in [0.25, 0.3) is 0 Å². The summed E-state index contributed by atoms with van der Waals surface area (Å²) < 4.78 is 11.9. The lowest BCUT2D eigenvalue weighted by Gasteiger charge is -2.43. The molecule has 1 heterocycles. The number of hydrogen-bond donors (Lipinski definition) is 0. The lowest BCUT2D eigenvalue weighted by Crippen LogP contribution is -2.45. The maximum absolute atomic E-state index is 5.96. The van der Waals surface area contributed by atoms with Crippen LogP contribution in [0.5, 0.6) is 0 Å². The summed E-state index contributed by atoms with van der Waals surface area (Å²) in [6.45, 7) is 4.09. The van der Waals surface area contributed by atoms with Gasteiger partial charge in [-0.25, -0.2) is 0 Å². The topological polar surface area (TPSA) is 18.5 Å². The van der Waals surface area contributed by atoms with Gasteiger partial charge in [0, 0.05) is 0 Å². The molecular formula is C11H18O2. The van der Waals surface area contributed by atoms with E-state index < -0.39 is 0 Å². The van der Waals surface area contributed by atoms with Gasteiger partial charge in [-0.3, -0.25) is 0 Å². The summed E-state index contributed by atoms with van der Waals surface area (Å²) in [4.78, 5) is 0. The standard InChI is InChI=1S/C11H18O2/c1-11(2)12-9-7-3-4-8(6-5-7)10(9)13-11/h7-10H,3-6H2,1-2H3. The van der Waals surface area contributed by atoms with Crippen LogP contribution in [0.2, 0.25) is 0 Å². The molecule has 4 fully saturated rings. The Balaban J connectivity index is 1.87. The fourth-order valence-corrected chi connectivity index (χ4v) is 3.35. The molecule has 0 spiro atoms. The largest absolute Gasteiger partial charge is 0.344 e. The highest BCUT2D eigenvalue weighted by Crippen LogP contribution is 2.49. The highest BCUT2D eigenvalue weighted by atomic mass is 16.8. The van der Waals surface area contributed by atoms with E-state index in [4.69, 9.17) is 9.47 Å². The van der Waals surface area contributed by atoms with Crippen molar-refractivity contribution in [2.75, 3.05) is 0 Å². The normalized spacial score (nSPS) is 52.2. The highest BCUT2D eigenvalue weighted by Gasteiger charge is 2.53. The minimum Gasteiger partial charge on any atom is -0.344 e. The summed E-state index contributed by atoms with van der Waals surface area (Å²) in [5.41, 5.74) is 0. The molecule has 13 heavy (non-hydrogen) atoms. The van der Waals surface area contributed by atoms with Crippen LogP contribution in [0.25, 0.3) is 0 Å². The quantitative estimate of drug-likeness (QED) is 0.572. The summed E-state index contributed by atoms with van der Waals surface area (Å²) in [6, 6.07) is 0. The van der Waals surface area contributed by atoms with Gasteiger partial charge < -0.3 is 9.47 Å². The monoisotopic (exact) mass is 182 g/mol. The second kappa shape index (κ2) is 2.48. The molecule has 0 aromatic heterocycles. The van der Waals surface area contributed by atoms with E-state index in [0.717, 1.165) is 11.8 Å². The molecule has 1 aliphatic heterocycles. The van der Waals surface area contributed by atoms with E-state index in [0.29, 0.717) is 12.2 Å². The number of hydrogen-bond acceptors (Lipinski definition) is 2. The first-order valence-electron chi connectivity index (χ1n) is 5.51. The minimum atomic E-state index is -0.319. The van der Waals surface area contributed by atoms with Gasteiger partial charge in [0.15, 0.2) is 5.79 Å². The van der Waals surface area contributed by atoms with E-state index in [2.05, 4.69) is 0 Å². The number of rotatable bonds is 0. The Morgan fingerprint density at radius 2 is 1.23 bits per heavy atom. The summed E-state index contributed by atoms with van der Waals surface area (Å²) in [7, 11) is 0. The van der Waals surface area contributed by atoms with E-state index in [1.807, 2.05) is 13.8 Å². The van der Waals surface area contributed by atoms with Crippen LogP contribution in [0.15, 0.2) is 0 Å². The maximum Gasteiger partial charge on any atom is 0.163 e. The number of ether oxygens (including phenoxy) is 2. The van der Waals surface area contributed by atoms with Gasteiger partial charge in [-0.2, -0.15) is 0 Å². The van der Waals surface area contributed by atoms with Crippen LogP contribution in [0.4, 0.5) is 0 Å². The van der Waals surface area contributed by atoms with Gasteiger partial charge in [0.1, 0.15) is 0 Å². The van der Waals surface area contributed by atoms with Crippen molar-refractivity contribution in [2.24, 2.45) is 11.8 Å². The lowest BCUT2D eigenvalue weighted by molar-refractivity contribution is -0.149. The van der Waals surface area contributed by atoms with Crippen molar-refractivity contribution in [1.82, 2.24) is 0 Å². The lowest BCUT2D eigenvalue weighted by atomic mass is 9.67. The Labute approximate surface area is 79.6 Å². The minimum absolute atomic E-state index is 0.319. The third-order valence-corrected chi connectivity index (χ3v) is 3.91. The molecule has 2 nitrogen and oxygen atoms in total. The Kier molecular flexibility index (Phi) is 1.58. The van der Waals surface area contributed by atoms with Gasteiger partial charge in [-0.15, -0.1) is 0 Å². The third-order valence-electron chi connectivity index (χ3n) is 3.91. The van der Waals surface area contributed by atoms with E-state index in [1.165, 1.54) is 25.7 Å². The first kappa shape index (κ1) is 8.25. The molecule has 2 unspecified atom stereocenters. The van der Waals surface area contributed by atoms with Crippen LogP contribution in [0.1, 0.15) is 39.5 Å². The van der Waals surface area contributed by atoms with Crippen molar-refractivity contribution in [1.29, 1.82) is 0 Å². The van der Waals surface area contributed by atoms with Crippen LogP contribution >= 0.6 is 0 Å². The summed E-state index contributed by atoms with van der Waals surface area (Å²) in [5, 5.41) is 0. The van der Waals surface area contributed by atoms with Gasteiger partial charge in [0.05, 0.1) is 12.2 Å². The zero-order valence-electron chi connectivity index (χ0n) is 8.45. The fourth-order valence-electron chi connectivity index (χ4n) is 3.35. The van der Waals surface area contributed by atoms with Gasteiger partial charge in [-0.1, -0.05) is 0 Å². The van der Waals surface area contributed by atoms with Crippen molar-refractivity contribution < 1.29 is 9.47 Å². The van der Waals surface area contributed by atoms with Crippen molar-refractivity contribution in [2.45, 2.75) is 57.5 Å². The molecule has 4 rings (SSSR count). The molecular weight excluding hydrogens is 164 g/mol. The Morgan fingerprint density at radius 1 is 0.846 bits per heavy atom. The molecule has 0 radical (unpaired) electrons. The van der Waals surface area contributed by atoms with Crippen LogP contribution in [-0.2, 0) is 9.47 Å². The Hall–Kier alpha value is -0.0800. The molecule has 0 N–H and O–H groups in total. The second-order valence-electron chi connectivity index (χ2n) is 5.24. The molecule has 1 saturated heterocycles. The molecule has 4 aliphatic rings. The zero-order valence-corrected chi connectivity index (χ0v) is 8.45. The van der Waals surface area contributed by atoms with E-state index in [9.17, 15) is 0 Å². The first-order chi connectivity index (χ1) is 6.16. The highest BCUT2D eigenvalue weighted by molar-refractivity contribution is 4.98. The smallest absolute Gasteiger partial charge is 0.163 e. The fraction of sp³-hybridized carbons (Fsp3) is 1.00. The summed E-state index contributed by atoms with van der Waals surface area (Å²) in [6.07, 6.45) is 6.30. The van der Waals surface area contributed by atoms with Gasteiger partial charge >= 0.3 is 0 Å². The van der Waals surface area contributed by atoms with Crippen LogP contribution in [0, 0.1) is 11.8 Å². The van der Waals surface area contributed by atoms with Crippen LogP contribution in [0.3, 0.4) is 0 Å². The summed E-state index contributed by atoms with van der Waals surface area (Å²) in [5.74, 6) is 1.26. The maximum atomic E-state index is 5.96. The molecule has 0 aromatic carbocycles. The van der Waals surface area contributed by atoms with Crippen molar-refractivity contribution in [3.8, 4) is 0 Å². The molecule has 0 amide bonds. The van der Waals surface area contributed by atoms with Crippen LogP contribution < -0.4 is 0 Å². The average Bonchev–Trinajstić information content (AvgIpc) is 2.43. The predicted octanol–water partition coefficient (Wildman–Crippen LogP) is 2.33. The van der Waals surface area contributed by atoms with Crippen molar-refractivity contribution in [3.05, 3.63) is 0 Å². The van der Waals surface area contributed by atoms with Gasteiger partial charge in [0.2, 0.25) is 0 Å². The average molecular weight is 182 g/mol. The Bertz CT molecular complexity index is 194. The Morgan fingerprint density at radius 3 is 1.62 bits per heavy atom. The molecule has 3 aliphatic carbocycles. The third kappa shape index (κ3) is 1.15. The van der Waals surface area contributed by atoms with E-state index in [-0.39, 0.29) is 5.79 Å². The summed E-state index contributed by atoms with van der Waals surface area (Å²) >= 11 is 0. The molecule has 74 valence electrons. The zero-order chi connectivity index (χ0) is 9.05. The molecule has 2 heteroatoms. The van der Waals surface area contributed by atoms with E-state index in [1.54, 1.807) is 0 Å². The molecule has 2 atom stereocenters. The molecule has 3 saturated carbocycles. The second-order valence-corrected chi connectivity index (χ2v) is 5.24. The SMILES string of the molecule is CC1(C)OC2C3CCC(CC3)C2O1. The molecule has 2 bridgehead atoms. The molecule has 0 aromatic rings. The van der Waals surface area contributed by atoms with E-state index >= 15 is 0 Å².